The first kappa shape index (κ1) is 46.2. The molecule has 0 aromatic carbocycles. The van der Waals surface area contributed by atoms with E-state index in [-0.39, 0.29) is 42.4 Å². The Morgan fingerprint density at radius 3 is 0.795 bits per heavy atom. The van der Waals surface area contributed by atoms with E-state index in [9.17, 15) is 19.0 Å². The van der Waals surface area contributed by atoms with Gasteiger partial charge in [0.2, 0.25) is 0 Å². The monoisotopic (exact) mass is 652 g/mol. The van der Waals surface area contributed by atoms with Crippen LogP contribution in [0.25, 0.3) is 0 Å². The van der Waals surface area contributed by atoms with Gasteiger partial charge in [0, 0.05) is 12.8 Å². The van der Waals surface area contributed by atoms with Crippen LogP contribution in [-0.4, -0.2) is 11.9 Å². The van der Waals surface area contributed by atoms with Crippen LogP contribution < -0.4 is 34.5 Å². The molecule has 0 bridgehead atoms. The molecule has 0 aliphatic carbocycles. The molecule has 0 rings (SSSR count). The molecule has 0 aliphatic rings. The maximum Gasteiger partial charge on any atom is 1.00 e. The van der Waals surface area contributed by atoms with Gasteiger partial charge in [-0.15, -0.1) is 0 Å². The van der Waals surface area contributed by atoms with Crippen molar-refractivity contribution < 1.29 is 57.7 Å². The minimum absolute atomic E-state index is 0. The van der Waals surface area contributed by atoms with Crippen molar-refractivity contribution in [3.8, 4) is 0 Å². The molecule has 0 spiro atoms. The topological polar surface area (TPSA) is 92.7 Å². The minimum Gasteiger partial charge on any atom is -0.736 e. The summed E-state index contributed by atoms with van der Waals surface area (Å²) >= 11 is 0. The SMILES string of the molecule is CCCCCCCCCCCCCCCCCC(=O)OP(=O)([O-])OC(=O)CCCCCCCCCCCCCCCCC.[Na+]. The summed E-state index contributed by atoms with van der Waals surface area (Å²) < 4.78 is 20.9. The Bertz CT molecular complexity index is 623. The molecule has 0 aromatic rings. The van der Waals surface area contributed by atoms with Crippen LogP contribution >= 0.6 is 7.82 Å². The smallest absolute Gasteiger partial charge is 0.736 e. The van der Waals surface area contributed by atoms with Gasteiger partial charge in [0.25, 0.3) is 0 Å². The average Bonchev–Trinajstić information content (AvgIpc) is 2.96. The molecule has 44 heavy (non-hydrogen) atoms. The third-order valence-electron chi connectivity index (χ3n) is 8.40. The Balaban J connectivity index is 0. The van der Waals surface area contributed by atoms with Crippen molar-refractivity contribution in [3.05, 3.63) is 0 Å². The number of phosphoric acid groups is 1. The Labute approximate surface area is 295 Å². The van der Waals surface area contributed by atoms with Crippen LogP contribution in [0, 0.1) is 0 Å². The molecule has 0 saturated heterocycles. The summed E-state index contributed by atoms with van der Waals surface area (Å²) in [6, 6.07) is 0. The first-order valence-electron chi connectivity index (χ1n) is 18.7. The largest absolute Gasteiger partial charge is 1.00 e. The molecule has 0 N–H and O–H groups in total. The number of hydrogen-bond donors (Lipinski definition) is 0. The number of hydrogen-bond acceptors (Lipinski definition) is 6. The van der Waals surface area contributed by atoms with Crippen LogP contribution in [0.5, 0.6) is 0 Å². The zero-order chi connectivity index (χ0) is 31.7. The standard InChI is InChI=1S/C36H71O6P.Na/c1-3-5-7-9-11-13-15-17-19-21-23-25-27-29-31-33-35(37)41-43(39,40)42-36(38)34-32-30-28-26-24-22-20-18-16-14-12-10-8-6-4-2;/h3-34H2,1-2H3,(H,39,40);/q;+1/p-1. The van der Waals surface area contributed by atoms with E-state index < -0.39 is 19.8 Å². The second-order valence-electron chi connectivity index (χ2n) is 12.8. The van der Waals surface area contributed by atoms with E-state index in [4.69, 9.17) is 0 Å². The van der Waals surface area contributed by atoms with Crippen molar-refractivity contribution in [1.82, 2.24) is 0 Å². The molecule has 0 saturated carbocycles. The molecule has 0 atom stereocenters. The van der Waals surface area contributed by atoms with Crippen molar-refractivity contribution in [2.75, 3.05) is 0 Å². The Morgan fingerprint density at radius 1 is 0.409 bits per heavy atom. The Morgan fingerprint density at radius 2 is 0.591 bits per heavy atom. The molecule has 0 amide bonds. The first-order valence-corrected chi connectivity index (χ1v) is 20.1. The summed E-state index contributed by atoms with van der Waals surface area (Å²) in [5.41, 5.74) is 0. The zero-order valence-corrected chi connectivity index (χ0v) is 32.4. The Kier molecular flexibility index (Phi) is 37.8. The molecular weight excluding hydrogens is 582 g/mol. The fourth-order valence-electron chi connectivity index (χ4n) is 5.64. The molecule has 0 aromatic heterocycles. The molecule has 8 heteroatoms. The molecule has 256 valence electrons. The predicted octanol–water partition coefficient (Wildman–Crippen LogP) is 9.07. The van der Waals surface area contributed by atoms with Crippen molar-refractivity contribution >= 4 is 19.8 Å². The molecule has 0 fully saturated rings. The van der Waals surface area contributed by atoms with Crippen molar-refractivity contribution in [3.63, 3.8) is 0 Å². The summed E-state index contributed by atoms with van der Waals surface area (Å²) in [5.74, 6) is -1.68. The van der Waals surface area contributed by atoms with Gasteiger partial charge in [-0.05, 0) is 12.8 Å². The van der Waals surface area contributed by atoms with Crippen molar-refractivity contribution in [1.29, 1.82) is 0 Å². The summed E-state index contributed by atoms with van der Waals surface area (Å²) in [7, 11) is -4.93. The van der Waals surface area contributed by atoms with E-state index >= 15 is 0 Å². The van der Waals surface area contributed by atoms with E-state index in [0.29, 0.717) is 12.8 Å². The number of carbonyl (C=O) groups is 2. The fraction of sp³-hybridized carbons (Fsp3) is 0.944. The quantitative estimate of drug-likeness (QED) is 0.0391. The van der Waals surface area contributed by atoms with Crippen molar-refractivity contribution in [2.24, 2.45) is 0 Å². The molecular formula is C36H70NaO6P. The van der Waals surface area contributed by atoms with Crippen LogP contribution in [0.3, 0.4) is 0 Å². The molecule has 6 nitrogen and oxygen atoms in total. The van der Waals surface area contributed by atoms with Gasteiger partial charge in [-0.3, -0.25) is 9.59 Å². The van der Waals surface area contributed by atoms with E-state index in [0.717, 1.165) is 38.5 Å². The summed E-state index contributed by atoms with van der Waals surface area (Å²) in [6.45, 7) is 4.51. The van der Waals surface area contributed by atoms with Gasteiger partial charge >= 0.3 is 49.3 Å². The van der Waals surface area contributed by atoms with E-state index in [1.165, 1.54) is 141 Å². The molecule has 0 heterocycles. The van der Waals surface area contributed by atoms with E-state index in [1.54, 1.807) is 0 Å². The van der Waals surface area contributed by atoms with Crippen LogP contribution in [0.1, 0.15) is 219 Å². The molecule has 0 radical (unpaired) electrons. The van der Waals surface area contributed by atoms with Crippen LogP contribution in [0.15, 0.2) is 0 Å². The zero-order valence-electron chi connectivity index (χ0n) is 29.5. The molecule has 0 unspecified atom stereocenters. The number of phosphoric ester groups is 1. The van der Waals surface area contributed by atoms with Gasteiger partial charge in [0.15, 0.2) is 0 Å². The number of unbranched alkanes of at least 4 members (excludes halogenated alkanes) is 28. The average molecular weight is 653 g/mol. The van der Waals surface area contributed by atoms with E-state index in [2.05, 4.69) is 22.9 Å². The van der Waals surface area contributed by atoms with Gasteiger partial charge in [-0.1, -0.05) is 194 Å². The number of rotatable bonds is 34. The van der Waals surface area contributed by atoms with Gasteiger partial charge in [0.1, 0.15) is 0 Å². The summed E-state index contributed by atoms with van der Waals surface area (Å²) in [6.07, 6.45) is 36.7. The fourth-order valence-corrected chi connectivity index (χ4v) is 6.36. The van der Waals surface area contributed by atoms with Crippen LogP contribution in [0.4, 0.5) is 0 Å². The van der Waals surface area contributed by atoms with Crippen LogP contribution in [-0.2, 0) is 23.2 Å². The van der Waals surface area contributed by atoms with Crippen LogP contribution in [0.2, 0.25) is 0 Å². The normalized spacial score (nSPS) is 11.3. The summed E-state index contributed by atoms with van der Waals surface area (Å²) in [5, 5.41) is 0. The van der Waals surface area contributed by atoms with E-state index in [1.807, 2.05) is 0 Å². The van der Waals surface area contributed by atoms with Gasteiger partial charge in [-0.25, -0.2) is 4.57 Å². The van der Waals surface area contributed by atoms with Gasteiger partial charge < -0.3 is 13.9 Å². The minimum atomic E-state index is -4.93. The third kappa shape index (κ3) is 36.6. The van der Waals surface area contributed by atoms with Gasteiger partial charge in [0.05, 0.1) is 0 Å². The Hall–Kier alpha value is 0.130. The maximum absolute atomic E-state index is 11.9. The van der Waals surface area contributed by atoms with Crippen molar-refractivity contribution in [2.45, 2.75) is 219 Å². The first-order chi connectivity index (χ1) is 20.9. The second kappa shape index (κ2) is 36.0. The second-order valence-corrected chi connectivity index (χ2v) is 14.0. The summed E-state index contributed by atoms with van der Waals surface area (Å²) in [4.78, 5) is 35.7. The predicted molar refractivity (Wildman–Crippen MR) is 179 cm³/mol. The molecule has 0 aliphatic heterocycles. The maximum atomic E-state index is 11.9. The third-order valence-corrected chi connectivity index (χ3v) is 9.25. The van der Waals surface area contributed by atoms with Gasteiger partial charge in [-0.2, -0.15) is 0 Å². The number of carbonyl (C=O) groups excluding carboxylic acids is 2.